The Morgan fingerprint density at radius 2 is 1.79 bits per heavy atom. The number of hydrogen-bond donors (Lipinski definition) is 0. The number of carbonyl (C=O) groups is 2. The van der Waals surface area contributed by atoms with Gasteiger partial charge in [0.2, 0.25) is 23.1 Å². The predicted octanol–water partition coefficient (Wildman–Crippen LogP) is 0.808. The number of alkyl halides is 1. The third-order valence-corrected chi connectivity index (χ3v) is 2.07. The van der Waals surface area contributed by atoms with Crippen LogP contribution in [-0.4, -0.2) is 31.7 Å². The summed E-state index contributed by atoms with van der Waals surface area (Å²) in [5.74, 6) is -0.991. The van der Waals surface area contributed by atoms with Crippen LogP contribution in [0.2, 0.25) is 0 Å². The minimum absolute atomic E-state index is 0.0194. The monoisotopic (exact) mass is 216 g/mol. The number of halogens is 1. The maximum atomic E-state index is 11.5. The number of hydrogen-bond acceptors (Lipinski definition) is 4. The normalized spacial score (nSPS) is 16.9. The molecular weight excluding hydrogens is 208 g/mol. The second-order valence-electron chi connectivity index (χ2n) is 2.56. The van der Waals surface area contributed by atoms with E-state index in [1.165, 1.54) is 14.2 Å². The van der Waals surface area contributed by atoms with Crippen LogP contribution in [0.5, 0.6) is 0 Å². The van der Waals surface area contributed by atoms with E-state index in [9.17, 15) is 9.59 Å². The van der Waals surface area contributed by atoms with Crippen molar-refractivity contribution in [2.75, 3.05) is 20.1 Å². The van der Waals surface area contributed by atoms with Crippen molar-refractivity contribution < 1.29 is 19.1 Å². The molecule has 0 aromatic rings. The minimum atomic E-state index is -0.404. The molecule has 0 saturated heterocycles. The van der Waals surface area contributed by atoms with Crippen LogP contribution in [-0.2, 0) is 19.1 Å². The molecule has 0 aliphatic heterocycles. The van der Waals surface area contributed by atoms with Crippen LogP contribution in [0.25, 0.3) is 0 Å². The van der Waals surface area contributed by atoms with Crippen molar-refractivity contribution in [2.45, 2.75) is 0 Å². The Kier molecular flexibility index (Phi) is 3.30. The lowest BCUT2D eigenvalue weighted by atomic mass is 10.0. The first kappa shape index (κ1) is 10.8. The molecule has 0 aromatic heterocycles. The summed E-state index contributed by atoms with van der Waals surface area (Å²) in [5, 5.41) is 0. The highest BCUT2D eigenvalue weighted by Crippen LogP contribution is 2.20. The van der Waals surface area contributed by atoms with Crippen molar-refractivity contribution in [1.82, 2.24) is 0 Å². The van der Waals surface area contributed by atoms with Gasteiger partial charge in [-0.3, -0.25) is 9.59 Å². The van der Waals surface area contributed by atoms with Gasteiger partial charge in [0.1, 0.15) is 0 Å². The highest BCUT2D eigenvalue weighted by molar-refractivity contribution is 6.28. The molecule has 0 amide bonds. The van der Waals surface area contributed by atoms with Gasteiger partial charge in [-0.15, -0.1) is 11.6 Å². The van der Waals surface area contributed by atoms with Gasteiger partial charge < -0.3 is 9.47 Å². The minimum Gasteiger partial charge on any atom is -0.490 e. The van der Waals surface area contributed by atoms with Gasteiger partial charge >= 0.3 is 0 Å². The average Bonchev–Trinajstić information content (AvgIpc) is 2.20. The molecule has 5 heteroatoms. The van der Waals surface area contributed by atoms with Crippen LogP contribution >= 0.6 is 11.6 Å². The molecule has 0 radical (unpaired) electrons. The number of ketones is 2. The zero-order chi connectivity index (χ0) is 10.7. The van der Waals surface area contributed by atoms with E-state index in [1.807, 2.05) is 0 Å². The molecule has 1 aliphatic rings. The van der Waals surface area contributed by atoms with Crippen LogP contribution in [0.4, 0.5) is 0 Å². The molecule has 0 heterocycles. The van der Waals surface area contributed by atoms with Crippen molar-refractivity contribution in [1.29, 1.82) is 0 Å². The summed E-state index contributed by atoms with van der Waals surface area (Å²) in [7, 11) is 2.61. The Labute approximate surface area is 86.1 Å². The molecular formula is C9H9ClO4. The van der Waals surface area contributed by atoms with Gasteiger partial charge in [0.25, 0.3) is 0 Å². The molecule has 0 unspecified atom stereocenters. The van der Waals surface area contributed by atoms with E-state index >= 15 is 0 Å². The highest BCUT2D eigenvalue weighted by atomic mass is 35.5. The maximum Gasteiger partial charge on any atom is 0.228 e. The Morgan fingerprint density at radius 3 is 2.21 bits per heavy atom. The molecule has 0 spiro atoms. The number of Topliss-reactive ketones (excluding diaryl/α,β-unsaturated/α-hetero) is 1. The lowest BCUT2D eigenvalue weighted by molar-refractivity contribution is -0.120. The number of ether oxygens (including phenoxy) is 2. The topological polar surface area (TPSA) is 52.6 Å². The van der Waals surface area contributed by atoms with Gasteiger partial charge in [0.05, 0.1) is 20.1 Å². The molecule has 0 fully saturated rings. The van der Waals surface area contributed by atoms with Gasteiger partial charge in [-0.05, 0) is 6.08 Å². The van der Waals surface area contributed by atoms with Crippen molar-refractivity contribution >= 4 is 23.2 Å². The molecule has 14 heavy (non-hydrogen) atoms. The lowest BCUT2D eigenvalue weighted by Crippen LogP contribution is -2.22. The standard InChI is InChI=1S/C9H9ClO4/c1-13-8-6(11)3-5(4-10)7(12)9(8)14-2/h3H,4H2,1-2H3. The van der Waals surface area contributed by atoms with Crippen molar-refractivity contribution in [2.24, 2.45) is 0 Å². The Hall–Kier alpha value is -1.29. The lowest BCUT2D eigenvalue weighted by Gasteiger charge is -2.15. The smallest absolute Gasteiger partial charge is 0.228 e. The van der Waals surface area contributed by atoms with Crippen molar-refractivity contribution in [3.05, 3.63) is 23.2 Å². The summed E-state index contributed by atoms with van der Waals surface area (Å²) >= 11 is 5.49. The fraction of sp³-hybridized carbons (Fsp3) is 0.333. The molecule has 0 atom stereocenters. The van der Waals surface area contributed by atoms with E-state index in [1.54, 1.807) is 0 Å². The zero-order valence-electron chi connectivity index (χ0n) is 7.80. The molecule has 0 saturated carbocycles. The SMILES string of the molecule is COC1=C(OC)C(=O)C(CCl)=CC1=O. The fourth-order valence-corrected chi connectivity index (χ4v) is 1.33. The van der Waals surface area contributed by atoms with Crippen molar-refractivity contribution in [3.8, 4) is 0 Å². The molecule has 4 nitrogen and oxygen atoms in total. The second kappa shape index (κ2) is 4.28. The third-order valence-electron chi connectivity index (χ3n) is 1.79. The van der Waals surface area contributed by atoms with E-state index in [-0.39, 0.29) is 23.0 Å². The largest absolute Gasteiger partial charge is 0.490 e. The van der Waals surface area contributed by atoms with E-state index < -0.39 is 11.6 Å². The van der Waals surface area contributed by atoms with E-state index in [0.717, 1.165) is 6.08 Å². The molecule has 1 rings (SSSR count). The zero-order valence-corrected chi connectivity index (χ0v) is 8.55. The average molecular weight is 217 g/mol. The van der Waals surface area contributed by atoms with Gasteiger partial charge in [-0.2, -0.15) is 0 Å². The molecule has 1 aliphatic carbocycles. The van der Waals surface area contributed by atoms with Crippen LogP contribution in [0.3, 0.4) is 0 Å². The molecule has 0 N–H and O–H groups in total. The Bertz CT molecular complexity index is 341. The van der Waals surface area contributed by atoms with Crippen molar-refractivity contribution in [3.63, 3.8) is 0 Å². The second-order valence-corrected chi connectivity index (χ2v) is 2.83. The third kappa shape index (κ3) is 1.65. The quantitative estimate of drug-likeness (QED) is 0.518. The van der Waals surface area contributed by atoms with E-state index in [0.29, 0.717) is 0 Å². The number of methoxy groups -OCH3 is 2. The number of rotatable bonds is 3. The summed E-state index contributed by atoms with van der Waals surface area (Å²) < 4.78 is 9.56. The van der Waals surface area contributed by atoms with E-state index in [4.69, 9.17) is 21.1 Å². The first-order valence-corrected chi connectivity index (χ1v) is 4.37. The summed E-state index contributed by atoms with van der Waals surface area (Å²) in [6, 6.07) is 0. The van der Waals surface area contributed by atoms with Gasteiger partial charge in [-0.25, -0.2) is 0 Å². The first-order valence-electron chi connectivity index (χ1n) is 3.83. The summed E-state index contributed by atoms with van der Waals surface area (Å²) in [4.78, 5) is 22.9. The molecule has 0 aromatic carbocycles. The number of allylic oxidation sites excluding steroid dienone is 2. The van der Waals surface area contributed by atoms with Crippen LogP contribution in [0, 0.1) is 0 Å². The van der Waals surface area contributed by atoms with Crippen LogP contribution < -0.4 is 0 Å². The van der Waals surface area contributed by atoms with E-state index in [2.05, 4.69) is 0 Å². The fourth-order valence-electron chi connectivity index (χ4n) is 1.13. The highest BCUT2D eigenvalue weighted by Gasteiger charge is 2.29. The van der Waals surface area contributed by atoms with Gasteiger partial charge in [-0.1, -0.05) is 0 Å². The first-order chi connectivity index (χ1) is 6.65. The summed E-state index contributed by atoms with van der Waals surface area (Å²) in [5.41, 5.74) is 0.217. The molecule has 76 valence electrons. The molecule has 0 bridgehead atoms. The summed E-state index contributed by atoms with van der Waals surface area (Å²) in [6.07, 6.45) is 1.16. The van der Waals surface area contributed by atoms with Crippen LogP contribution in [0.15, 0.2) is 23.2 Å². The van der Waals surface area contributed by atoms with Gasteiger partial charge in [0.15, 0.2) is 0 Å². The number of carbonyl (C=O) groups excluding carboxylic acids is 2. The van der Waals surface area contributed by atoms with Crippen LogP contribution in [0.1, 0.15) is 0 Å². The maximum absolute atomic E-state index is 11.5. The Morgan fingerprint density at radius 1 is 1.21 bits per heavy atom. The summed E-state index contributed by atoms with van der Waals surface area (Å²) in [6.45, 7) is 0. The van der Waals surface area contributed by atoms with Gasteiger partial charge in [0, 0.05) is 5.57 Å². The Balaban J connectivity index is 3.17. The predicted molar refractivity (Wildman–Crippen MR) is 49.9 cm³/mol.